The summed E-state index contributed by atoms with van der Waals surface area (Å²) in [6, 6.07) is 10.3. The van der Waals surface area contributed by atoms with Crippen LogP contribution >= 0.6 is 35.3 Å². The van der Waals surface area contributed by atoms with Crippen molar-refractivity contribution in [1.29, 1.82) is 0 Å². The van der Waals surface area contributed by atoms with Gasteiger partial charge in [-0.3, -0.25) is 4.99 Å². The Morgan fingerprint density at radius 1 is 1.19 bits per heavy atom. The zero-order valence-corrected chi connectivity index (χ0v) is 19.4. The first-order chi connectivity index (χ1) is 12.8. The molecule has 2 N–H and O–H groups in total. The van der Waals surface area contributed by atoms with Gasteiger partial charge in [0, 0.05) is 43.7 Å². The largest absolute Gasteiger partial charge is 0.377 e. The van der Waals surface area contributed by atoms with Crippen LogP contribution in [-0.4, -0.2) is 37.2 Å². The number of ether oxygens (including phenoxy) is 1. The molecule has 150 valence electrons. The summed E-state index contributed by atoms with van der Waals surface area (Å²) in [5, 5.41) is 7.83. The molecule has 7 heteroatoms. The summed E-state index contributed by atoms with van der Waals surface area (Å²) < 4.78 is 5.70. The summed E-state index contributed by atoms with van der Waals surface area (Å²) in [6.45, 7) is 8.15. The van der Waals surface area contributed by atoms with Crippen molar-refractivity contribution >= 4 is 41.3 Å². The van der Waals surface area contributed by atoms with Crippen LogP contribution in [0.4, 0.5) is 0 Å². The molecule has 0 atom stereocenters. The first-order valence-corrected chi connectivity index (χ1v) is 10.1. The zero-order valence-electron chi connectivity index (χ0n) is 16.2. The molecular weight excluding hydrogens is 471 g/mol. The lowest BCUT2D eigenvalue weighted by molar-refractivity contribution is 0.117. The fraction of sp³-hybridized carbons (Fsp3) is 0.500. The van der Waals surface area contributed by atoms with E-state index in [1.54, 1.807) is 11.3 Å². The van der Waals surface area contributed by atoms with Crippen LogP contribution in [0.15, 0.2) is 41.5 Å². The molecule has 0 fully saturated rings. The van der Waals surface area contributed by atoms with E-state index < -0.39 is 0 Å². The Hall–Kier alpha value is -1.19. The quantitative estimate of drug-likeness (QED) is 0.210. The third-order valence-corrected chi connectivity index (χ3v) is 4.70. The van der Waals surface area contributed by atoms with Gasteiger partial charge in [0.2, 0.25) is 0 Å². The lowest BCUT2D eigenvalue weighted by atomic mass is 10.2. The van der Waals surface area contributed by atoms with Gasteiger partial charge in [0.15, 0.2) is 5.96 Å². The van der Waals surface area contributed by atoms with E-state index in [0.29, 0.717) is 6.61 Å². The van der Waals surface area contributed by atoms with Gasteiger partial charge in [-0.2, -0.15) is 0 Å². The summed E-state index contributed by atoms with van der Waals surface area (Å²) in [6.07, 6.45) is 4.90. The van der Waals surface area contributed by atoms with Crippen molar-refractivity contribution in [3.8, 4) is 0 Å². The number of guanidine groups is 1. The minimum atomic E-state index is 0. The summed E-state index contributed by atoms with van der Waals surface area (Å²) in [5.74, 6) is 0.881. The molecule has 0 aliphatic rings. The van der Waals surface area contributed by atoms with E-state index in [2.05, 4.69) is 46.6 Å². The van der Waals surface area contributed by atoms with Gasteiger partial charge in [0.1, 0.15) is 0 Å². The number of nitrogens with one attached hydrogen (secondary N) is 2. The number of aromatic nitrogens is 1. The summed E-state index contributed by atoms with van der Waals surface area (Å²) >= 11 is 1.75. The zero-order chi connectivity index (χ0) is 18.5. The van der Waals surface area contributed by atoms with Gasteiger partial charge in [-0.15, -0.1) is 35.3 Å². The average molecular weight is 502 g/mol. The predicted octanol–water partition coefficient (Wildman–Crippen LogP) is 4.16. The molecule has 0 spiro atoms. The maximum atomic E-state index is 5.70. The Labute approximate surface area is 184 Å². The molecule has 1 aromatic carbocycles. The van der Waals surface area contributed by atoms with E-state index in [1.165, 1.54) is 15.4 Å². The smallest absolute Gasteiger partial charge is 0.191 e. The first-order valence-electron chi connectivity index (χ1n) is 9.33. The molecule has 0 aliphatic carbocycles. The Morgan fingerprint density at radius 3 is 2.70 bits per heavy atom. The summed E-state index contributed by atoms with van der Waals surface area (Å²) in [5.41, 5.74) is 1.22. The number of hydrogen-bond acceptors (Lipinski definition) is 4. The number of rotatable bonds is 11. The molecule has 0 bridgehead atoms. The average Bonchev–Trinajstić information content (AvgIpc) is 3.07. The highest BCUT2D eigenvalue weighted by Gasteiger charge is 2.01. The van der Waals surface area contributed by atoms with Crippen molar-refractivity contribution in [2.24, 2.45) is 4.99 Å². The molecule has 1 aromatic heterocycles. The first kappa shape index (κ1) is 23.8. The number of benzene rings is 1. The number of aliphatic imine (C=N–C) groups is 1. The fourth-order valence-corrected chi connectivity index (χ4v) is 3.20. The van der Waals surface area contributed by atoms with E-state index in [-0.39, 0.29) is 24.0 Å². The highest BCUT2D eigenvalue weighted by Crippen LogP contribution is 2.10. The van der Waals surface area contributed by atoms with E-state index in [1.807, 2.05) is 24.4 Å². The molecule has 0 saturated heterocycles. The molecule has 2 aromatic rings. The topological polar surface area (TPSA) is 58.5 Å². The SMILES string of the molecule is CCNC(=NCCCCOCc1ccccc1)NCCc1ncc(C)s1.I. The third kappa shape index (κ3) is 10.7. The second-order valence-electron chi connectivity index (χ2n) is 6.05. The highest BCUT2D eigenvalue weighted by atomic mass is 127. The molecule has 0 saturated carbocycles. The van der Waals surface area contributed by atoms with Gasteiger partial charge in [0.25, 0.3) is 0 Å². The van der Waals surface area contributed by atoms with Crippen LogP contribution in [-0.2, 0) is 17.8 Å². The maximum Gasteiger partial charge on any atom is 0.191 e. The standard InChI is InChI=1S/C20H30N4OS.HI/c1-3-21-20(23-13-11-19-24-15-17(2)26-19)22-12-7-8-14-25-16-18-9-5-4-6-10-18;/h4-6,9-10,15H,3,7-8,11-14,16H2,1-2H3,(H2,21,22,23);1H. The van der Waals surface area contributed by atoms with Crippen molar-refractivity contribution < 1.29 is 4.74 Å². The Kier molecular flexibility index (Phi) is 13.1. The van der Waals surface area contributed by atoms with Crippen LogP contribution in [0.5, 0.6) is 0 Å². The molecule has 0 radical (unpaired) electrons. The number of thiazole rings is 1. The Morgan fingerprint density at radius 2 is 2.00 bits per heavy atom. The second-order valence-corrected chi connectivity index (χ2v) is 7.37. The van der Waals surface area contributed by atoms with Crippen molar-refractivity contribution in [3.63, 3.8) is 0 Å². The van der Waals surface area contributed by atoms with Crippen LogP contribution in [0.3, 0.4) is 0 Å². The minimum Gasteiger partial charge on any atom is -0.377 e. The van der Waals surface area contributed by atoms with Crippen molar-refractivity contribution in [2.45, 2.75) is 39.7 Å². The summed E-state index contributed by atoms with van der Waals surface area (Å²) in [7, 11) is 0. The van der Waals surface area contributed by atoms with Crippen LogP contribution in [0.2, 0.25) is 0 Å². The lowest BCUT2D eigenvalue weighted by Crippen LogP contribution is -2.38. The normalized spacial score (nSPS) is 11.1. The van der Waals surface area contributed by atoms with Gasteiger partial charge in [0.05, 0.1) is 11.6 Å². The minimum absolute atomic E-state index is 0. The number of hydrogen-bond donors (Lipinski definition) is 2. The van der Waals surface area contributed by atoms with E-state index >= 15 is 0 Å². The van der Waals surface area contributed by atoms with Crippen LogP contribution in [0.1, 0.15) is 35.2 Å². The molecule has 27 heavy (non-hydrogen) atoms. The van der Waals surface area contributed by atoms with Crippen LogP contribution < -0.4 is 10.6 Å². The van der Waals surface area contributed by atoms with Crippen LogP contribution in [0.25, 0.3) is 0 Å². The van der Waals surface area contributed by atoms with Gasteiger partial charge in [-0.1, -0.05) is 30.3 Å². The lowest BCUT2D eigenvalue weighted by Gasteiger charge is -2.10. The molecule has 0 unspecified atom stereocenters. The van der Waals surface area contributed by atoms with E-state index in [9.17, 15) is 0 Å². The maximum absolute atomic E-state index is 5.70. The fourth-order valence-electron chi connectivity index (χ4n) is 2.42. The number of nitrogens with zero attached hydrogens (tertiary/aromatic N) is 2. The number of aryl methyl sites for hydroxylation is 1. The number of halogens is 1. The molecular formula is C20H31IN4OS. The Bertz CT molecular complexity index is 648. The van der Waals surface area contributed by atoms with E-state index in [0.717, 1.165) is 51.5 Å². The van der Waals surface area contributed by atoms with Crippen molar-refractivity contribution in [2.75, 3.05) is 26.2 Å². The van der Waals surface area contributed by atoms with Gasteiger partial charge in [-0.25, -0.2) is 4.98 Å². The molecule has 2 rings (SSSR count). The number of unbranched alkanes of at least 4 members (excludes halogenated alkanes) is 1. The van der Waals surface area contributed by atoms with Crippen molar-refractivity contribution in [1.82, 2.24) is 15.6 Å². The molecule has 0 aliphatic heterocycles. The predicted molar refractivity (Wildman–Crippen MR) is 125 cm³/mol. The second kappa shape index (κ2) is 14.8. The summed E-state index contributed by atoms with van der Waals surface area (Å²) in [4.78, 5) is 10.3. The van der Waals surface area contributed by atoms with Gasteiger partial charge in [-0.05, 0) is 32.3 Å². The molecule has 0 amide bonds. The Balaban J connectivity index is 0.00000364. The van der Waals surface area contributed by atoms with E-state index in [4.69, 9.17) is 4.74 Å². The monoisotopic (exact) mass is 502 g/mol. The highest BCUT2D eigenvalue weighted by molar-refractivity contribution is 14.0. The molecule has 1 heterocycles. The third-order valence-electron chi connectivity index (χ3n) is 3.72. The van der Waals surface area contributed by atoms with Crippen molar-refractivity contribution in [3.05, 3.63) is 52.0 Å². The van der Waals surface area contributed by atoms with Gasteiger partial charge >= 0.3 is 0 Å². The van der Waals surface area contributed by atoms with Gasteiger partial charge < -0.3 is 15.4 Å². The van der Waals surface area contributed by atoms with Crippen LogP contribution in [0, 0.1) is 6.92 Å². The molecule has 5 nitrogen and oxygen atoms in total.